The van der Waals surface area contributed by atoms with Gasteiger partial charge in [0, 0.05) is 46.4 Å². The molecule has 1 N–H and O–H groups in total. The number of fused-ring (bicyclic) bond motifs is 1. The van der Waals surface area contributed by atoms with Crippen LogP contribution in [0, 0.1) is 11.7 Å². The van der Waals surface area contributed by atoms with Crippen molar-refractivity contribution in [1.82, 2.24) is 14.8 Å². The molecule has 4 nitrogen and oxygen atoms in total. The van der Waals surface area contributed by atoms with Crippen molar-refractivity contribution < 1.29 is 8.60 Å². The zero-order valence-electron chi connectivity index (χ0n) is 16.3. The Morgan fingerprint density at radius 2 is 2.07 bits per heavy atom. The normalized spacial score (nSPS) is 22.1. The molecule has 2 aromatic heterocycles. The van der Waals surface area contributed by atoms with Crippen molar-refractivity contribution in [3.05, 3.63) is 72.9 Å². The van der Waals surface area contributed by atoms with E-state index >= 15 is 0 Å². The predicted molar refractivity (Wildman–Crippen MR) is 116 cm³/mol. The summed E-state index contributed by atoms with van der Waals surface area (Å²) in [5.74, 6) is 0.517. The highest BCUT2D eigenvalue weighted by atomic mass is 32.2. The van der Waals surface area contributed by atoms with Crippen LogP contribution in [0.25, 0.3) is 22.0 Å². The molecule has 1 saturated heterocycles. The maximum atomic E-state index is 14.3. The van der Waals surface area contributed by atoms with E-state index in [1.807, 2.05) is 19.3 Å². The first-order chi connectivity index (χ1) is 14.0. The van der Waals surface area contributed by atoms with Crippen molar-refractivity contribution in [2.45, 2.75) is 30.0 Å². The number of hydrogen-bond donors (Lipinski definition) is 2. The Bertz CT molecular complexity index is 1210. The molecule has 0 aliphatic carbocycles. The molecule has 4 aromatic rings. The Morgan fingerprint density at radius 1 is 1.21 bits per heavy atom. The molecular weight excluding hydrogens is 385 g/mol. The minimum atomic E-state index is -2.73. The molecule has 0 saturated carbocycles. The van der Waals surface area contributed by atoms with E-state index in [1.165, 1.54) is 11.5 Å². The van der Waals surface area contributed by atoms with Crippen LogP contribution in [0.3, 0.4) is 0 Å². The van der Waals surface area contributed by atoms with E-state index in [9.17, 15) is 8.60 Å². The smallest absolute Gasteiger partial charge is 0.137 e. The second-order valence-electron chi connectivity index (χ2n) is 8.11. The summed E-state index contributed by atoms with van der Waals surface area (Å²) in [7, 11) is -2.73. The fourth-order valence-corrected chi connectivity index (χ4v) is 8.22. The van der Waals surface area contributed by atoms with E-state index in [2.05, 4.69) is 45.2 Å². The van der Waals surface area contributed by atoms with Crippen molar-refractivity contribution >= 4 is 20.8 Å². The molecule has 0 spiro atoms. The highest BCUT2D eigenvalue weighted by molar-refractivity contribution is 8.03. The molecule has 1 aliphatic rings. The largest absolute Gasteiger partial charge is 0.347 e. The first kappa shape index (κ1) is 18.3. The second kappa shape index (κ2) is 6.95. The molecule has 0 bridgehead atoms. The van der Waals surface area contributed by atoms with E-state index in [0.29, 0.717) is 10.6 Å². The van der Waals surface area contributed by atoms with E-state index in [4.69, 9.17) is 0 Å². The molecule has 0 amide bonds. The molecule has 0 unspecified atom stereocenters. The van der Waals surface area contributed by atoms with Gasteiger partial charge in [0.05, 0.1) is 11.1 Å². The van der Waals surface area contributed by atoms with Gasteiger partial charge in [-0.05, 0) is 48.2 Å². The standard InChI is InChI=1S/C23H24FN3OS/c1-16-10-17(15-29(16,28)23-5-3-2-4-21(23)24)14-27-9-8-19-11-18(6-7-22(19)27)20-12-25-26-13-20/h2-9,11-13,16-17,29H,10,14-15H2,1H3,(H,25,26)/t16-,17+/m0/s1. The van der Waals surface area contributed by atoms with Crippen LogP contribution in [0.2, 0.25) is 0 Å². The van der Waals surface area contributed by atoms with Crippen LogP contribution < -0.4 is 0 Å². The summed E-state index contributed by atoms with van der Waals surface area (Å²) < 4.78 is 30.3. The number of hydrogen-bond acceptors (Lipinski definition) is 2. The summed E-state index contributed by atoms with van der Waals surface area (Å²) >= 11 is 0. The lowest BCUT2D eigenvalue weighted by atomic mass is 10.1. The maximum absolute atomic E-state index is 14.3. The average molecular weight is 410 g/mol. The average Bonchev–Trinajstić information content (AvgIpc) is 3.43. The first-order valence-corrected chi connectivity index (χ1v) is 11.9. The van der Waals surface area contributed by atoms with Crippen LogP contribution >= 0.6 is 0 Å². The van der Waals surface area contributed by atoms with Crippen LogP contribution in [0.1, 0.15) is 13.3 Å². The van der Waals surface area contributed by atoms with Gasteiger partial charge in [-0.15, -0.1) is 0 Å². The second-order valence-corrected chi connectivity index (χ2v) is 11.4. The summed E-state index contributed by atoms with van der Waals surface area (Å²) in [5, 5.41) is 8.06. The Kier molecular flexibility index (Phi) is 4.39. The van der Waals surface area contributed by atoms with Crippen molar-refractivity contribution in [3.8, 4) is 11.1 Å². The molecule has 6 heteroatoms. The fourth-order valence-electron chi connectivity index (χ4n) is 4.74. The molecular formula is C23H24FN3OS. The number of H-pyrrole nitrogens is 1. The minimum absolute atomic E-state index is 0.0129. The van der Waals surface area contributed by atoms with E-state index in [1.54, 1.807) is 18.2 Å². The molecule has 1 aliphatic heterocycles. The number of thiol groups is 1. The van der Waals surface area contributed by atoms with Crippen LogP contribution in [0.5, 0.6) is 0 Å². The van der Waals surface area contributed by atoms with Gasteiger partial charge in [-0.25, -0.2) is 4.39 Å². The van der Waals surface area contributed by atoms with Crippen LogP contribution in [-0.2, 0) is 16.5 Å². The van der Waals surface area contributed by atoms with Gasteiger partial charge in [0.15, 0.2) is 0 Å². The lowest BCUT2D eigenvalue weighted by Crippen LogP contribution is -2.24. The van der Waals surface area contributed by atoms with Crippen molar-refractivity contribution in [1.29, 1.82) is 0 Å². The molecule has 29 heavy (non-hydrogen) atoms. The lowest BCUT2D eigenvalue weighted by molar-refractivity contribution is 0.484. The van der Waals surface area contributed by atoms with Gasteiger partial charge in [-0.1, -0.05) is 35.1 Å². The quantitative estimate of drug-likeness (QED) is 0.482. The summed E-state index contributed by atoms with van der Waals surface area (Å²) in [5.41, 5.74) is 3.36. The molecule has 0 radical (unpaired) electrons. The highest BCUT2D eigenvalue weighted by Gasteiger charge is 2.38. The van der Waals surface area contributed by atoms with Crippen molar-refractivity contribution in [2.24, 2.45) is 5.92 Å². The zero-order valence-corrected chi connectivity index (χ0v) is 17.1. The predicted octanol–water partition coefficient (Wildman–Crippen LogP) is 4.65. The van der Waals surface area contributed by atoms with Gasteiger partial charge in [0.2, 0.25) is 0 Å². The van der Waals surface area contributed by atoms with Crippen LogP contribution in [0.15, 0.2) is 72.0 Å². The third-order valence-corrected chi connectivity index (χ3v) is 10.1. The van der Waals surface area contributed by atoms with Crippen LogP contribution in [0.4, 0.5) is 4.39 Å². The Morgan fingerprint density at radius 3 is 2.86 bits per heavy atom. The third kappa shape index (κ3) is 3.12. The van der Waals surface area contributed by atoms with Gasteiger partial charge in [0.25, 0.3) is 0 Å². The van der Waals surface area contributed by atoms with Crippen molar-refractivity contribution in [2.75, 3.05) is 5.75 Å². The highest BCUT2D eigenvalue weighted by Crippen LogP contribution is 2.39. The molecule has 2 aromatic carbocycles. The number of nitrogens with one attached hydrogen (secondary N) is 1. The first-order valence-electron chi connectivity index (χ1n) is 9.96. The Balaban J connectivity index is 1.40. The number of benzene rings is 2. The Labute approximate surface area is 170 Å². The minimum Gasteiger partial charge on any atom is -0.347 e. The van der Waals surface area contributed by atoms with Gasteiger partial charge in [0.1, 0.15) is 5.82 Å². The lowest BCUT2D eigenvalue weighted by Gasteiger charge is -2.23. The molecule has 1 fully saturated rings. The van der Waals surface area contributed by atoms with Gasteiger partial charge >= 0.3 is 0 Å². The zero-order chi connectivity index (χ0) is 20.0. The fraction of sp³-hybridized carbons (Fsp3) is 0.261. The number of aromatic amines is 1. The summed E-state index contributed by atoms with van der Waals surface area (Å²) in [4.78, 5) is 0.428. The SMILES string of the molecule is C[C@H]1C[C@H](Cn2ccc3cc(-c4cn[nH]c4)ccc32)C[SH]1(=O)c1ccccc1F. The topological polar surface area (TPSA) is 50.7 Å². The third-order valence-electron chi connectivity index (χ3n) is 6.23. The van der Waals surface area contributed by atoms with Crippen LogP contribution in [-0.4, -0.2) is 30.0 Å². The van der Waals surface area contributed by atoms with E-state index in [0.717, 1.165) is 29.6 Å². The van der Waals surface area contributed by atoms with E-state index in [-0.39, 0.29) is 17.0 Å². The molecule has 3 heterocycles. The maximum Gasteiger partial charge on any atom is 0.137 e. The summed E-state index contributed by atoms with van der Waals surface area (Å²) in [6, 6.07) is 15.1. The van der Waals surface area contributed by atoms with Gasteiger partial charge in [-0.2, -0.15) is 5.10 Å². The summed E-state index contributed by atoms with van der Waals surface area (Å²) in [6.07, 6.45) is 6.66. The summed E-state index contributed by atoms with van der Waals surface area (Å²) in [6.45, 7) is 2.81. The van der Waals surface area contributed by atoms with Crippen molar-refractivity contribution in [3.63, 3.8) is 0 Å². The number of nitrogens with zero attached hydrogens (tertiary/aromatic N) is 2. The number of halogens is 1. The number of aromatic nitrogens is 3. The van der Waals surface area contributed by atoms with Gasteiger partial charge < -0.3 is 4.57 Å². The monoisotopic (exact) mass is 409 g/mol. The number of rotatable bonds is 4. The van der Waals surface area contributed by atoms with E-state index < -0.39 is 9.93 Å². The Hall–Kier alpha value is -2.73. The molecule has 150 valence electrons. The molecule has 5 rings (SSSR count). The molecule has 2 atom stereocenters. The van der Waals surface area contributed by atoms with Gasteiger partial charge in [-0.3, -0.25) is 9.31 Å².